The van der Waals surface area contributed by atoms with Crippen LogP contribution in [-0.2, 0) is 6.54 Å². The molecule has 0 amide bonds. The summed E-state index contributed by atoms with van der Waals surface area (Å²) in [4.78, 5) is 2.46. The van der Waals surface area contributed by atoms with E-state index in [2.05, 4.69) is 33.0 Å². The first-order valence-electron chi connectivity index (χ1n) is 7.49. The number of likely N-dealkylation sites (tertiary alicyclic amines) is 1. The summed E-state index contributed by atoms with van der Waals surface area (Å²) in [6.07, 6.45) is 2.31. The van der Waals surface area contributed by atoms with Gasteiger partial charge in [-0.3, -0.25) is 4.90 Å². The molecule has 1 saturated heterocycles. The lowest BCUT2D eigenvalue weighted by molar-refractivity contribution is 0.248. The van der Waals surface area contributed by atoms with E-state index >= 15 is 0 Å². The van der Waals surface area contributed by atoms with Crippen LogP contribution in [0.25, 0.3) is 0 Å². The molecule has 0 saturated carbocycles. The van der Waals surface area contributed by atoms with Gasteiger partial charge in [0.2, 0.25) is 0 Å². The quantitative estimate of drug-likeness (QED) is 0.763. The number of nitrogens with zero attached hydrogens (tertiary/aromatic N) is 1. The number of ether oxygens (including phenoxy) is 1. The van der Waals surface area contributed by atoms with Gasteiger partial charge in [0.25, 0.3) is 0 Å². The highest BCUT2D eigenvalue weighted by atomic mass is 79.9. The van der Waals surface area contributed by atoms with Crippen molar-refractivity contribution in [1.82, 2.24) is 4.90 Å². The largest absolute Gasteiger partial charge is 0.496 e. The fourth-order valence-electron chi connectivity index (χ4n) is 3.12. The van der Waals surface area contributed by atoms with Gasteiger partial charge in [-0.05, 0) is 70.7 Å². The zero-order valence-electron chi connectivity index (χ0n) is 12.6. The molecule has 1 aliphatic heterocycles. The highest BCUT2D eigenvalue weighted by Gasteiger charge is 2.26. The van der Waals surface area contributed by atoms with E-state index in [1.54, 1.807) is 19.2 Å². The molecule has 0 bridgehead atoms. The summed E-state index contributed by atoms with van der Waals surface area (Å²) >= 11 is 3.54. The molecule has 1 aliphatic rings. The van der Waals surface area contributed by atoms with Crippen LogP contribution in [0.15, 0.2) is 46.9 Å². The maximum atomic E-state index is 13.1. The fourth-order valence-corrected chi connectivity index (χ4v) is 3.71. The molecular formula is C18H19BrFNO. The summed E-state index contributed by atoms with van der Waals surface area (Å²) < 4.78 is 19.4. The predicted octanol–water partition coefficient (Wildman–Crippen LogP) is 4.93. The molecule has 2 aromatic rings. The highest BCUT2D eigenvalue weighted by molar-refractivity contribution is 9.10. The van der Waals surface area contributed by atoms with Gasteiger partial charge in [-0.1, -0.05) is 18.2 Å². The van der Waals surface area contributed by atoms with E-state index in [1.807, 2.05) is 18.2 Å². The molecule has 1 fully saturated rings. The Balaban J connectivity index is 1.76. The Kier molecular flexibility index (Phi) is 4.79. The van der Waals surface area contributed by atoms with Crippen LogP contribution in [0.5, 0.6) is 5.75 Å². The first kappa shape index (κ1) is 15.5. The summed E-state index contributed by atoms with van der Waals surface area (Å²) in [6, 6.07) is 13.5. The van der Waals surface area contributed by atoms with E-state index < -0.39 is 0 Å². The summed E-state index contributed by atoms with van der Waals surface area (Å²) in [5, 5.41) is 0. The third-order valence-electron chi connectivity index (χ3n) is 4.22. The Hall–Kier alpha value is -1.39. The summed E-state index contributed by atoms with van der Waals surface area (Å²) in [5.74, 6) is 0.674. The van der Waals surface area contributed by atoms with Gasteiger partial charge in [0.1, 0.15) is 11.6 Å². The van der Waals surface area contributed by atoms with Gasteiger partial charge in [-0.15, -0.1) is 0 Å². The zero-order chi connectivity index (χ0) is 15.5. The standard InChI is InChI=1S/C18H19BrFNO/c1-22-18-9-4-13(11-16(18)19)12-21-10-2-3-17(21)14-5-7-15(20)8-6-14/h4-9,11,17H,2-3,10,12H2,1H3. The number of benzene rings is 2. The summed E-state index contributed by atoms with van der Waals surface area (Å²) in [5.41, 5.74) is 2.45. The second-order valence-corrected chi connectivity index (χ2v) is 6.50. The van der Waals surface area contributed by atoms with Gasteiger partial charge in [-0.25, -0.2) is 4.39 Å². The molecule has 3 rings (SSSR count). The maximum absolute atomic E-state index is 13.1. The molecule has 0 radical (unpaired) electrons. The highest BCUT2D eigenvalue weighted by Crippen LogP contribution is 2.34. The van der Waals surface area contributed by atoms with Crippen molar-refractivity contribution in [2.75, 3.05) is 13.7 Å². The molecular weight excluding hydrogens is 345 g/mol. The molecule has 4 heteroatoms. The van der Waals surface area contributed by atoms with E-state index in [9.17, 15) is 4.39 Å². The van der Waals surface area contributed by atoms with E-state index in [-0.39, 0.29) is 5.82 Å². The van der Waals surface area contributed by atoms with Gasteiger partial charge in [0, 0.05) is 12.6 Å². The van der Waals surface area contributed by atoms with Crippen LogP contribution in [0, 0.1) is 5.82 Å². The van der Waals surface area contributed by atoms with Crippen molar-refractivity contribution < 1.29 is 9.13 Å². The molecule has 0 spiro atoms. The van der Waals surface area contributed by atoms with Crippen LogP contribution in [0.2, 0.25) is 0 Å². The predicted molar refractivity (Wildman–Crippen MR) is 89.5 cm³/mol. The molecule has 1 atom stereocenters. The summed E-state index contributed by atoms with van der Waals surface area (Å²) in [7, 11) is 1.67. The Labute approximate surface area is 139 Å². The van der Waals surface area contributed by atoms with Crippen molar-refractivity contribution in [2.24, 2.45) is 0 Å². The number of hydrogen-bond donors (Lipinski definition) is 0. The fraction of sp³-hybridized carbons (Fsp3) is 0.333. The van der Waals surface area contributed by atoms with E-state index in [0.29, 0.717) is 6.04 Å². The Morgan fingerprint density at radius 3 is 2.68 bits per heavy atom. The lowest BCUT2D eigenvalue weighted by Crippen LogP contribution is -2.22. The van der Waals surface area contributed by atoms with E-state index in [1.165, 1.54) is 17.5 Å². The minimum atomic E-state index is -0.174. The van der Waals surface area contributed by atoms with E-state index in [0.717, 1.165) is 29.7 Å². The molecule has 116 valence electrons. The van der Waals surface area contributed by atoms with Crippen LogP contribution in [0.1, 0.15) is 30.0 Å². The number of halogens is 2. The van der Waals surface area contributed by atoms with Crippen LogP contribution in [0.4, 0.5) is 4.39 Å². The number of methoxy groups -OCH3 is 1. The Bertz CT molecular complexity index is 644. The van der Waals surface area contributed by atoms with Crippen LogP contribution in [0.3, 0.4) is 0 Å². The summed E-state index contributed by atoms with van der Waals surface area (Å²) in [6.45, 7) is 1.97. The number of hydrogen-bond acceptors (Lipinski definition) is 2. The smallest absolute Gasteiger partial charge is 0.133 e. The average Bonchev–Trinajstić information content (AvgIpc) is 2.96. The Morgan fingerprint density at radius 1 is 1.23 bits per heavy atom. The van der Waals surface area contributed by atoms with Crippen LogP contribution in [-0.4, -0.2) is 18.6 Å². The van der Waals surface area contributed by atoms with Crippen molar-refractivity contribution in [3.8, 4) is 5.75 Å². The second-order valence-electron chi connectivity index (χ2n) is 5.65. The lowest BCUT2D eigenvalue weighted by Gasteiger charge is -2.25. The molecule has 0 N–H and O–H groups in total. The molecule has 0 aliphatic carbocycles. The monoisotopic (exact) mass is 363 g/mol. The third kappa shape index (κ3) is 3.33. The molecule has 1 unspecified atom stereocenters. The topological polar surface area (TPSA) is 12.5 Å². The third-order valence-corrected chi connectivity index (χ3v) is 4.84. The Morgan fingerprint density at radius 2 is 2.00 bits per heavy atom. The lowest BCUT2D eigenvalue weighted by atomic mass is 10.0. The van der Waals surface area contributed by atoms with Gasteiger partial charge >= 0.3 is 0 Å². The maximum Gasteiger partial charge on any atom is 0.133 e. The molecule has 0 aromatic heterocycles. The minimum Gasteiger partial charge on any atom is -0.496 e. The van der Waals surface area contributed by atoms with Gasteiger partial charge in [0.15, 0.2) is 0 Å². The SMILES string of the molecule is COc1ccc(CN2CCCC2c2ccc(F)cc2)cc1Br. The van der Waals surface area contributed by atoms with Crippen molar-refractivity contribution in [3.63, 3.8) is 0 Å². The van der Waals surface area contributed by atoms with Crippen molar-refractivity contribution >= 4 is 15.9 Å². The minimum absolute atomic E-state index is 0.174. The number of rotatable bonds is 4. The normalized spacial score (nSPS) is 18.6. The molecule has 22 heavy (non-hydrogen) atoms. The van der Waals surface area contributed by atoms with Crippen molar-refractivity contribution in [3.05, 3.63) is 63.9 Å². The molecule has 2 nitrogen and oxygen atoms in total. The first-order chi connectivity index (χ1) is 10.7. The second kappa shape index (κ2) is 6.80. The zero-order valence-corrected chi connectivity index (χ0v) is 14.1. The van der Waals surface area contributed by atoms with Crippen molar-refractivity contribution in [1.29, 1.82) is 0 Å². The average molecular weight is 364 g/mol. The molecule has 2 aromatic carbocycles. The van der Waals surface area contributed by atoms with Gasteiger partial charge in [0.05, 0.1) is 11.6 Å². The first-order valence-corrected chi connectivity index (χ1v) is 8.28. The van der Waals surface area contributed by atoms with E-state index in [4.69, 9.17) is 4.74 Å². The van der Waals surface area contributed by atoms with Crippen LogP contribution >= 0.6 is 15.9 Å². The molecule has 1 heterocycles. The van der Waals surface area contributed by atoms with Gasteiger partial charge < -0.3 is 4.74 Å². The van der Waals surface area contributed by atoms with Crippen LogP contribution < -0.4 is 4.74 Å². The van der Waals surface area contributed by atoms with Crippen molar-refractivity contribution in [2.45, 2.75) is 25.4 Å². The van der Waals surface area contributed by atoms with Gasteiger partial charge in [-0.2, -0.15) is 0 Å².